The normalized spacial score (nSPS) is 27.0. The van der Waals surface area contributed by atoms with Crippen LogP contribution in [0.2, 0.25) is 0 Å². The lowest BCUT2D eigenvalue weighted by Crippen LogP contribution is -2.65. The molecule has 140 valence electrons. The van der Waals surface area contributed by atoms with Gasteiger partial charge in [0.2, 0.25) is 5.91 Å². The number of fused-ring (bicyclic) bond motifs is 3. The Kier molecular flexibility index (Phi) is 4.83. The van der Waals surface area contributed by atoms with Crippen molar-refractivity contribution >= 4 is 11.7 Å². The summed E-state index contributed by atoms with van der Waals surface area (Å²) in [6.45, 7) is 0.807. The molecule has 1 unspecified atom stereocenters. The van der Waals surface area contributed by atoms with E-state index in [0.29, 0.717) is 12.2 Å². The van der Waals surface area contributed by atoms with E-state index in [1.807, 2.05) is 36.4 Å². The van der Waals surface area contributed by atoms with Crippen LogP contribution in [0.4, 0.5) is 0 Å². The maximum absolute atomic E-state index is 13.3. The molecule has 3 heterocycles. The van der Waals surface area contributed by atoms with Crippen molar-refractivity contribution in [3.8, 4) is 0 Å². The topological polar surface area (TPSA) is 40.6 Å². The molecule has 0 saturated carbocycles. The Bertz CT molecular complexity index is 779. The van der Waals surface area contributed by atoms with Crippen LogP contribution in [0.15, 0.2) is 60.7 Å². The third-order valence-electron chi connectivity index (χ3n) is 6.05. The molecule has 0 N–H and O–H groups in total. The number of carbonyl (C=O) groups is 2. The monoisotopic (exact) mass is 362 g/mol. The van der Waals surface area contributed by atoms with Crippen molar-refractivity contribution in [2.24, 2.45) is 5.92 Å². The molecule has 3 fully saturated rings. The number of piperidine rings is 3. The molecule has 0 aromatic heterocycles. The number of likely N-dealkylation sites (N-methyl/N-ethyl adjacent to an activating group) is 1. The molecule has 27 heavy (non-hydrogen) atoms. The predicted molar refractivity (Wildman–Crippen MR) is 105 cm³/mol. The van der Waals surface area contributed by atoms with Crippen molar-refractivity contribution in [2.75, 3.05) is 20.6 Å². The standard InChI is InChI=1S/C23H26N2O2/c1-24(2)23(27)19-15-18-13-14-25(19)21(22(18)26)20(16-9-5-3-6-10-16)17-11-7-4-8-12-17/h3-12,18-21H,13-15H2,1-2H3/t18-,19-,21-/m1/s1. The maximum atomic E-state index is 13.3. The van der Waals surface area contributed by atoms with Gasteiger partial charge in [0.25, 0.3) is 0 Å². The molecule has 0 radical (unpaired) electrons. The Morgan fingerprint density at radius 1 is 1.00 bits per heavy atom. The van der Waals surface area contributed by atoms with Crippen molar-refractivity contribution in [1.82, 2.24) is 9.80 Å². The minimum Gasteiger partial charge on any atom is -0.347 e. The summed E-state index contributed by atoms with van der Waals surface area (Å²) in [5, 5.41) is 0. The highest BCUT2D eigenvalue weighted by atomic mass is 16.2. The summed E-state index contributed by atoms with van der Waals surface area (Å²) in [5.41, 5.74) is 2.26. The van der Waals surface area contributed by atoms with E-state index in [0.717, 1.165) is 24.1 Å². The molecular weight excluding hydrogens is 336 g/mol. The van der Waals surface area contributed by atoms with Gasteiger partial charge in [0.05, 0.1) is 12.1 Å². The van der Waals surface area contributed by atoms with Gasteiger partial charge in [-0.15, -0.1) is 0 Å². The zero-order chi connectivity index (χ0) is 19.0. The first-order valence-corrected chi connectivity index (χ1v) is 9.68. The van der Waals surface area contributed by atoms with E-state index in [9.17, 15) is 9.59 Å². The number of Topliss-reactive ketones (excluding diaryl/α,β-unsaturated/α-hetero) is 1. The molecular formula is C23H26N2O2. The van der Waals surface area contributed by atoms with Gasteiger partial charge in [-0.1, -0.05) is 60.7 Å². The van der Waals surface area contributed by atoms with Gasteiger partial charge in [-0.3, -0.25) is 14.5 Å². The van der Waals surface area contributed by atoms with Crippen molar-refractivity contribution in [1.29, 1.82) is 0 Å². The summed E-state index contributed by atoms with van der Waals surface area (Å²) in [6, 6.07) is 20.0. The van der Waals surface area contributed by atoms with E-state index in [2.05, 4.69) is 29.2 Å². The molecule has 4 nitrogen and oxygen atoms in total. The fourth-order valence-corrected chi connectivity index (χ4v) is 4.75. The first-order chi connectivity index (χ1) is 13.1. The SMILES string of the molecule is CN(C)C(=O)[C@H]1C[C@H]2CCN1[C@H](C(c1ccccc1)c1ccccc1)C2=O. The number of rotatable bonds is 4. The van der Waals surface area contributed by atoms with Crippen LogP contribution in [0, 0.1) is 5.92 Å². The van der Waals surface area contributed by atoms with Crippen LogP contribution in [0.3, 0.4) is 0 Å². The van der Waals surface area contributed by atoms with Gasteiger partial charge in [-0.25, -0.2) is 0 Å². The first-order valence-electron chi connectivity index (χ1n) is 9.68. The Morgan fingerprint density at radius 2 is 1.56 bits per heavy atom. The highest BCUT2D eigenvalue weighted by molar-refractivity contribution is 5.93. The molecule has 5 rings (SSSR count). The second-order valence-corrected chi connectivity index (χ2v) is 7.85. The molecule has 0 spiro atoms. The lowest BCUT2D eigenvalue weighted by atomic mass is 9.70. The van der Waals surface area contributed by atoms with Crippen LogP contribution < -0.4 is 0 Å². The molecule has 3 aliphatic heterocycles. The molecule has 2 aromatic rings. The van der Waals surface area contributed by atoms with E-state index in [4.69, 9.17) is 0 Å². The van der Waals surface area contributed by atoms with Gasteiger partial charge in [-0.2, -0.15) is 0 Å². The largest absolute Gasteiger partial charge is 0.347 e. The number of benzene rings is 2. The number of nitrogens with zero attached hydrogens (tertiary/aromatic N) is 2. The fourth-order valence-electron chi connectivity index (χ4n) is 4.75. The van der Waals surface area contributed by atoms with E-state index < -0.39 is 0 Å². The van der Waals surface area contributed by atoms with Gasteiger partial charge in [0, 0.05) is 32.5 Å². The average molecular weight is 362 g/mol. The zero-order valence-corrected chi connectivity index (χ0v) is 15.9. The van der Waals surface area contributed by atoms with Gasteiger partial charge >= 0.3 is 0 Å². The summed E-state index contributed by atoms with van der Waals surface area (Å²) in [7, 11) is 3.60. The minimum atomic E-state index is -0.281. The fraction of sp³-hybridized carbons (Fsp3) is 0.391. The van der Waals surface area contributed by atoms with Crippen molar-refractivity contribution in [3.05, 3.63) is 71.8 Å². The van der Waals surface area contributed by atoms with Crippen molar-refractivity contribution in [2.45, 2.75) is 30.8 Å². The van der Waals surface area contributed by atoms with Crippen LogP contribution in [-0.4, -0.2) is 54.2 Å². The lowest BCUT2D eigenvalue weighted by molar-refractivity contribution is -0.151. The minimum absolute atomic E-state index is 0.0103. The molecule has 2 aromatic carbocycles. The molecule has 4 heteroatoms. The number of ketones is 1. The first kappa shape index (κ1) is 17.9. The second kappa shape index (κ2) is 7.28. The quantitative estimate of drug-likeness (QED) is 0.840. The van der Waals surface area contributed by atoms with Crippen molar-refractivity contribution in [3.63, 3.8) is 0 Å². The lowest BCUT2D eigenvalue weighted by Gasteiger charge is -2.51. The Balaban J connectivity index is 1.79. The molecule has 0 aliphatic carbocycles. The predicted octanol–water partition coefficient (Wildman–Crippen LogP) is 2.94. The molecule has 3 saturated heterocycles. The van der Waals surface area contributed by atoms with Crippen LogP contribution in [0.25, 0.3) is 0 Å². The van der Waals surface area contributed by atoms with Crippen LogP contribution >= 0.6 is 0 Å². The Morgan fingerprint density at radius 3 is 2.07 bits per heavy atom. The van der Waals surface area contributed by atoms with Crippen LogP contribution in [0.5, 0.6) is 0 Å². The van der Waals surface area contributed by atoms with Crippen molar-refractivity contribution < 1.29 is 9.59 Å². The number of carbonyl (C=O) groups excluding carboxylic acids is 2. The summed E-state index contributed by atoms with van der Waals surface area (Å²) < 4.78 is 0. The third kappa shape index (κ3) is 3.19. The van der Waals surface area contributed by atoms with Crippen LogP contribution in [0.1, 0.15) is 29.9 Å². The van der Waals surface area contributed by atoms with E-state index in [1.54, 1.807) is 19.0 Å². The Hall–Kier alpha value is -2.46. The number of hydrogen-bond donors (Lipinski definition) is 0. The number of hydrogen-bond acceptors (Lipinski definition) is 3. The van der Waals surface area contributed by atoms with Gasteiger partial charge in [0.15, 0.2) is 5.78 Å². The van der Waals surface area contributed by atoms with E-state index in [1.165, 1.54) is 0 Å². The highest BCUT2D eigenvalue weighted by Crippen LogP contribution is 2.42. The van der Waals surface area contributed by atoms with Gasteiger partial charge < -0.3 is 4.90 Å². The maximum Gasteiger partial charge on any atom is 0.239 e. The average Bonchev–Trinajstić information content (AvgIpc) is 2.71. The van der Waals surface area contributed by atoms with Gasteiger partial charge in [0.1, 0.15) is 0 Å². The van der Waals surface area contributed by atoms with E-state index >= 15 is 0 Å². The number of amides is 1. The molecule has 3 aliphatic rings. The zero-order valence-electron chi connectivity index (χ0n) is 15.9. The summed E-state index contributed by atoms with van der Waals surface area (Å²) in [4.78, 5) is 30.0. The second-order valence-electron chi connectivity index (χ2n) is 7.85. The highest BCUT2D eigenvalue weighted by Gasteiger charge is 2.51. The molecule has 2 bridgehead atoms. The molecule has 4 atom stereocenters. The third-order valence-corrected chi connectivity index (χ3v) is 6.05. The van der Waals surface area contributed by atoms with Crippen LogP contribution in [-0.2, 0) is 9.59 Å². The summed E-state index contributed by atoms with van der Waals surface area (Å²) in [5.74, 6) is 0.336. The summed E-state index contributed by atoms with van der Waals surface area (Å²) >= 11 is 0. The molecule has 1 amide bonds. The van der Waals surface area contributed by atoms with E-state index in [-0.39, 0.29) is 29.8 Å². The summed E-state index contributed by atoms with van der Waals surface area (Å²) in [6.07, 6.45) is 1.52. The van der Waals surface area contributed by atoms with Gasteiger partial charge in [-0.05, 0) is 24.0 Å². The smallest absolute Gasteiger partial charge is 0.239 e. The Labute approximate surface area is 160 Å².